The van der Waals surface area contributed by atoms with Crippen molar-refractivity contribution in [2.24, 2.45) is 0 Å². The molecule has 0 saturated heterocycles. The smallest absolute Gasteiger partial charge is 0.250 e. The summed E-state index contributed by atoms with van der Waals surface area (Å²) in [6.45, 7) is 1.81. The number of carbonyl (C=O) groups is 1. The summed E-state index contributed by atoms with van der Waals surface area (Å²) in [5.74, 6) is -0.265. The predicted octanol–water partition coefficient (Wildman–Crippen LogP) is 1.60. The first-order valence-corrected chi connectivity index (χ1v) is 5.26. The molecule has 0 aliphatic heterocycles. The number of aliphatic hydroxyl groups is 1. The molecule has 0 saturated carbocycles. The second kappa shape index (κ2) is 6.48. The Morgan fingerprint density at radius 2 is 2.31 bits per heavy atom. The molecule has 1 aromatic rings. The van der Waals surface area contributed by atoms with Gasteiger partial charge in [0.25, 0.3) is 0 Å². The molecular formula is C11H14ClNO3. The van der Waals surface area contributed by atoms with Crippen molar-refractivity contribution < 1.29 is 14.6 Å². The molecule has 0 fully saturated rings. The normalized spacial score (nSPS) is 10.2. The molecule has 1 rings (SSSR count). The monoisotopic (exact) mass is 243 g/mol. The summed E-state index contributed by atoms with van der Waals surface area (Å²) < 4.78 is 4.89. The van der Waals surface area contributed by atoms with Crippen LogP contribution in [0.5, 0.6) is 0 Å². The first-order valence-electron chi connectivity index (χ1n) is 4.88. The van der Waals surface area contributed by atoms with Crippen molar-refractivity contribution in [3.8, 4) is 0 Å². The molecule has 4 nitrogen and oxygen atoms in total. The first-order chi connectivity index (χ1) is 7.65. The highest BCUT2D eigenvalue weighted by atomic mass is 35.5. The average Bonchev–Trinajstić information content (AvgIpc) is 2.25. The molecule has 0 spiro atoms. The van der Waals surface area contributed by atoms with Crippen LogP contribution in [0.15, 0.2) is 18.2 Å². The highest BCUT2D eigenvalue weighted by Crippen LogP contribution is 2.22. The first kappa shape index (κ1) is 13.0. The van der Waals surface area contributed by atoms with E-state index in [4.69, 9.17) is 21.4 Å². The van der Waals surface area contributed by atoms with Crippen LogP contribution in [0, 0.1) is 6.92 Å². The van der Waals surface area contributed by atoms with Gasteiger partial charge in [-0.05, 0) is 24.6 Å². The number of hydrogen-bond donors (Lipinski definition) is 2. The van der Waals surface area contributed by atoms with E-state index in [1.165, 1.54) is 0 Å². The Morgan fingerprint density at radius 3 is 3.00 bits per heavy atom. The minimum absolute atomic E-state index is 0.0769. The van der Waals surface area contributed by atoms with Crippen LogP contribution >= 0.6 is 11.6 Å². The third-order valence-corrected chi connectivity index (χ3v) is 2.42. The van der Waals surface area contributed by atoms with Gasteiger partial charge in [-0.2, -0.15) is 0 Å². The van der Waals surface area contributed by atoms with E-state index in [1.807, 2.05) is 6.92 Å². The molecule has 0 atom stereocenters. The number of halogens is 1. The third-order valence-electron chi connectivity index (χ3n) is 2.01. The lowest BCUT2D eigenvalue weighted by Crippen LogP contribution is -2.19. The van der Waals surface area contributed by atoms with Crippen molar-refractivity contribution in [3.05, 3.63) is 28.8 Å². The Kier molecular flexibility index (Phi) is 5.25. The lowest BCUT2D eigenvalue weighted by Gasteiger charge is -2.09. The molecular weight excluding hydrogens is 230 g/mol. The van der Waals surface area contributed by atoms with E-state index >= 15 is 0 Å². The second-order valence-corrected chi connectivity index (χ2v) is 3.64. The number of benzene rings is 1. The predicted molar refractivity (Wildman–Crippen MR) is 62.7 cm³/mol. The van der Waals surface area contributed by atoms with Crippen LogP contribution in [0.1, 0.15) is 5.56 Å². The van der Waals surface area contributed by atoms with Crippen LogP contribution in [-0.4, -0.2) is 30.8 Å². The second-order valence-electron chi connectivity index (χ2n) is 3.24. The van der Waals surface area contributed by atoms with Crippen LogP contribution < -0.4 is 5.32 Å². The van der Waals surface area contributed by atoms with Crippen molar-refractivity contribution in [2.45, 2.75) is 6.92 Å². The number of aliphatic hydroxyl groups excluding tert-OH is 1. The lowest BCUT2D eigenvalue weighted by atomic mass is 10.2. The van der Waals surface area contributed by atoms with Gasteiger partial charge in [0.2, 0.25) is 5.91 Å². The van der Waals surface area contributed by atoms with Crippen LogP contribution in [0.3, 0.4) is 0 Å². The van der Waals surface area contributed by atoms with E-state index in [9.17, 15) is 4.79 Å². The number of ether oxygens (including phenoxy) is 1. The molecule has 1 amide bonds. The lowest BCUT2D eigenvalue weighted by molar-refractivity contribution is -0.120. The number of hydrogen-bond acceptors (Lipinski definition) is 3. The molecule has 5 heteroatoms. The summed E-state index contributed by atoms with van der Waals surface area (Å²) in [7, 11) is 0. The van der Waals surface area contributed by atoms with Gasteiger partial charge in [-0.25, -0.2) is 0 Å². The number of nitrogens with one attached hydrogen (secondary N) is 1. The van der Waals surface area contributed by atoms with Gasteiger partial charge in [0.15, 0.2) is 0 Å². The minimum Gasteiger partial charge on any atom is -0.394 e. The van der Waals surface area contributed by atoms with E-state index in [0.29, 0.717) is 10.7 Å². The molecule has 0 aliphatic rings. The topological polar surface area (TPSA) is 58.6 Å². The number of carbonyl (C=O) groups excluding carboxylic acids is 1. The van der Waals surface area contributed by atoms with Crippen molar-refractivity contribution in [1.82, 2.24) is 0 Å². The van der Waals surface area contributed by atoms with Gasteiger partial charge in [-0.15, -0.1) is 0 Å². The van der Waals surface area contributed by atoms with E-state index in [1.54, 1.807) is 18.2 Å². The minimum atomic E-state index is -0.265. The van der Waals surface area contributed by atoms with E-state index in [2.05, 4.69) is 5.32 Å². The summed E-state index contributed by atoms with van der Waals surface area (Å²) in [5, 5.41) is 11.8. The van der Waals surface area contributed by atoms with Gasteiger partial charge in [-0.3, -0.25) is 4.79 Å². The Balaban J connectivity index is 2.53. The zero-order valence-electron chi connectivity index (χ0n) is 9.00. The molecule has 0 aromatic heterocycles. The van der Waals surface area contributed by atoms with Crippen LogP contribution in [-0.2, 0) is 9.53 Å². The molecule has 0 bridgehead atoms. The Labute approximate surface area is 99.2 Å². The van der Waals surface area contributed by atoms with E-state index < -0.39 is 0 Å². The van der Waals surface area contributed by atoms with Gasteiger partial charge < -0.3 is 15.2 Å². The fourth-order valence-corrected chi connectivity index (χ4v) is 1.33. The van der Waals surface area contributed by atoms with Gasteiger partial charge in [-0.1, -0.05) is 17.7 Å². The van der Waals surface area contributed by atoms with Gasteiger partial charge in [0.1, 0.15) is 6.61 Å². The fourth-order valence-electron chi connectivity index (χ4n) is 1.16. The maximum absolute atomic E-state index is 11.4. The maximum atomic E-state index is 11.4. The number of anilines is 1. The highest BCUT2D eigenvalue weighted by Gasteiger charge is 2.06. The van der Waals surface area contributed by atoms with Crippen LogP contribution in [0.4, 0.5) is 5.69 Å². The quantitative estimate of drug-likeness (QED) is 0.773. The van der Waals surface area contributed by atoms with E-state index in [-0.39, 0.29) is 25.7 Å². The molecule has 2 N–H and O–H groups in total. The van der Waals surface area contributed by atoms with Gasteiger partial charge in [0, 0.05) is 10.7 Å². The summed E-state index contributed by atoms with van der Waals surface area (Å²) in [5.41, 5.74) is 1.49. The van der Waals surface area contributed by atoms with Gasteiger partial charge >= 0.3 is 0 Å². The highest BCUT2D eigenvalue weighted by molar-refractivity contribution is 6.31. The Morgan fingerprint density at radius 1 is 1.56 bits per heavy atom. The van der Waals surface area contributed by atoms with Crippen LogP contribution in [0.25, 0.3) is 0 Å². The zero-order chi connectivity index (χ0) is 12.0. The molecule has 88 valence electrons. The molecule has 16 heavy (non-hydrogen) atoms. The van der Waals surface area contributed by atoms with Crippen molar-refractivity contribution in [1.29, 1.82) is 0 Å². The average molecular weight is 244 g/mol. The molecule has 0 radical (unpaired) electrons. The van der Waals surface area contributed by atoms with Gasteiger partial charge in [0.05, 0.1) is 13.2 Å². The molecule has 0 aliphatic carbocycles. The SMILES string of the molecule is Cc1c(Cl)cccc1NC(=O)COCCO. The Bertz CT molecular complexity index is 368. The van der Waals surface area contributed by atoms with Crippen LogP contribution in [0.2, 0.25) is 5.02 Å². The summed E-state index contributed by atoms with van der Waals surface area (Å²) in [4.78, 5) is 11.4. The van der Waals surface area contributed by atoms with E-state index in [0.717, 1.165) is 5.56 Å². The Hall–Kier alpha value is -1.10. The molecule has 0 heterocycles. The standard InChI is InChI=1S/C11H14ClNO3/c1-8-9(12)3-2-4-10(8)13-11(15)7-16-6-5-14/h2-4,14H,5-7H2,1H3,(H,13,15). The number of amides is 1. The maximum Gasteiger partial charge on any atom is 0.250 e. The van der Waals surface area contributed by atoms with Crippen molar-refractivity contribution >= 4 is 23.2 Å². The zero-order valence-corrected chi connectivity index (χ0v) is 9.75. The summed E-state index contributed by atoms with van der Waals surface area (Å²) in [6.07, 6.45) is 0. The fraction of sp³-hybridized carbons (Fsp3) is 0.364. The molecule has 1 aromatic carbocycles. The number of rotatable bonds is 5. The third kappa shape index (κ3) is 3.81. The van der Waals surface area contributed by atoms with Crippen molar-refractivity contribution in [2.75, 3.05) is 25.1 Å². The summed E-state index contributed by atoms with van der Waals surface area (Å²) in [6, 6.07) is 5.29. The largest absolute Gasteiger partial charge is 0.394 e. The van der Waals surface area contributed by atoms with Crippen molar-refractivity contribution in [3.63, 3.8) is 0 Å². The molecule has 0 unspecified atom stereocenters. The summed E-state index contributed by atoms with van der Waals surface area (Å²) >= 11 is 5.91.